The molecule has 9 nitrogen and oxygen atoms in total. The Hall–Kier alpha value is -2.38. The number of fused-ring (bicyclic) bond motifs is 1. The second-order valence-electron chi connectivity index (χ2n) is 5.11. The minimum absolute atomic E-state index is 0.215. The van der Waals surface area contributed by atoms with Gasteiger partial charge in [0.05, 0.1) is 33.6 Å². The Balaban J connectivity index is 1.62. The number of aromatic nitrogens is 1. The molecule has 12 heteroatoms. The Kier molecular flexibility index (Phi) is 5.82. The van der Waals surface area contributed by atoms with Crippen molar-refractivity contribution in [2.45, 2.75) is 9.24 Å². The first-order chi connectivity index (χ1) is 12.8. The first-order valence-corrected chi connectivity index (χ1v) is 10.4. The summed E-state index contributed by atoms with van der Waals surface area (Å²) in [5.74, 6) is 0. The van der Waals surface area contributed by atoms with Gasteiger partial charge in [0.15, 0.2) is 4.34 Å². The lowest BCUT2D eigenvalue weighted by atomic mass is 10.3. The number of thiazole rings is 1. The van der Waals surface area contributed by atoms with E-state index in [-0.39, 0.29) is 10.1 Å². The molecule has 0 unspecified atom stereocenters. The highest BCUT2D eigenvalue weighted by Gasteiger charge is 2.14. The van der Waals surface area contributed by atoms with Crippen LogP contribution in [-0.2, 0) is 15.0 Å². The van der Waals surface area contributed by atoms with Crippen LogP contribution < -0.4 is 16.3 Å². The van der Waals surface area contributed by atoms with E-state index in [9.17, 15) is 13.2 Å². The topological polar surface area (TPSA) is 130 Å². The lowest BCUT2D eigenvalue weighted by Crippen LogP contribution is -2.25. The van der Waals surface area contributed by atoms with E-state index in [1.54, 1.807) is 24.3 Å². The fraction of sp³-hybridized carbons (Fsp3) is 0.0667. The summed E-state index contributed by atoms with van der Waals surface area (Å²) in [5.41, 5.74) is 9.96. The Morgan fingerprint density at radius 1 is 1.19 bits per heavy atom. The average Bonchev–Trinajstić information content (AvgIpc) is 3.02. The number of thioether (sulfide) groups is 1. The normalized spacial score (nSPS) is 11.3. The van der Waals surface area contributed by atoms with Gasteiger partial charge in [-0.25, -0.2) is 4.98 Å². The number of rotatable bonds is 6. The minimum atomic E-state index is -4.28. The minimum Gasteiger partial charge on any atom is -0.298 e. The maximum atomic E-state index is 12.0. The number of carbonyl (C=O) groups excluding carboxylic acids is 1. The number of hydrogen-bond donors (Lipinski definition) is 4. The fourth-order valence-electron chi connectivity index (χ4n) is 2.06. The van der Waals surface area contributed by atoms with E-state index in [4.69, 9.17) is 9.39 Å². The van der Waals surface area contributed by atoms with Crippen LogP contribution in [0.2, 0.25) is 0 Å². The van der Waals surface area contributed by atoms with E-state index in [2.05, 4.69) is 21.3 Å². The molecule has 2 aromatic carbocycles. The summed E-state index contributed by atoms with van der Waals surface area (Å²) in [6, 6.07) is 11.1. The van der Waals surface area contributed by atoms with Crippen molar-refractivity contribution in [3.63, 3.8) is 0 Å². The van der Waals surface area contributed by atoms with Gasteiger partial charge in [0.2, 0.25) is 0 Å². The number of benzene rings is 2. The van der Waals surface area contributed by atoms with Crippen molar-refractivity contribution in [1.82, 2.24) is 10.4 Å². The molecule has 0 spiro atoms. The summed E-state index contributed by atoms with van der Waals surface area (Å²) in [5, 5.41) is -0.386. The third kappa shape index (κ3) is 5.08. The summed E-state index contributed by atoms with van der Waals surface area (Å²) in [6.07, 6.45) is 0. The largest absolute Gasteiger partial charge is 0.304 e. The van der Waals surface area contributed by atoms with E-state index in [1.165, 1.54) is 25.3 Å². The first kappa shape index (κ1) is 19.4. The summed E-state index contributed by atoms with van der Waals surface area (Å²) in [4.78, 5) is 20.9. The highest BCUT2D eigenvalue weighted by molar-refractivity contribution is 8.14. The molecule has 142 valence electrons. The van der Waals surface area contributed by atoms with Gasteiger partial charge in [-0.05, 0) is 42.5 Å². The predicted octanol–water partition coefficient (Wildman–Crippen LogP) is 3.35. The highest BCUT2D eigenvalue weighted by atomic mass is 32.2. The molecular weight excluding hydrogens is 412 g/mol. The van der Waals surface area contributed by atoms with Crippen molar-refractivity contribution >= 4 is 60.0 Å². The van der Waals surface area contributed by atoms with Crippen molar-refractivity contribution in [3.8, 4) is 0 Å². The van der Waals surface area contributed by atoms with Crippen molar-refractivity contribution in [2.75, 3.05) is 18.0 Å². The Bertz CT molecular complexity index is 1070. The van der Waals surface area contributed by atoms with Crippen molar-refractivity contribution in [1.29, 1.82) is 0 Å². The SMILES string of the molecule is CONc1ccc(NNC(=O)Sc2nc3ccc(S(=O)(=O)O)cc3s2)cc1. The third-order valence-electron chi connectivity index (χ3n) is 3.23. The molecule has 3 rings (SSSR count). The standard InChI is InChI=1S/C15H14N4O5S3/c1-24-19-10-4-2-9(3-5-10)17-18-14(20)26-15-16-12-7-6-11(27(21,22)23)8-13(12)25-15/h2-8,17,19H,1H3,(H,18,20)(H,21,22,23). The molecule has 4 N–H and O–H groups in total. The molecule has 0 aliphatic rings. The van der Waals surface area contributed by atoms with Crippen LogP contribution in [0.15, 0.2) is 51.7 Å². The number of anilines is 2. The molecule has 1 amide bonds. The number of nitrogens with zero attached hydrogens (tertiary/aromatic N) is 1. The van der Waals surface area contributed by atoms with Crippen LogP contribution in [0.4, 0.5) is 16.2 Å². The van der Waals surface area contributed by atoms with Gasteiger partial charge in [-0.3, -0.25) is 30.5 Å². The fourth-order valence-corrected chi connectivity index (χ4v) is 4.44. The second kappa shape index (κ2) is 8.10. The number of carbonyl (C=O) groups is 1. The lowest BCUT2D eigenvalue weighted by Gasteiger charge is -2.08. The van der Waals surface area contributed by atoms with Crippen LogP contribution in [0.1, 0.15) is 0 Å². The molecule has 0 saturated heterocycles. The summed E-state index contributed by atoms with van der Waals surface area (Å²) in [6.45, 7) is 0. The molecule has 0 bridgehead atoms. The molecule has 3 aromatic rings. The van der Waals surface area contributed by atoms with Gasteiger partial charge in [0, 0.05) is 11.8 Å². The Labute approximate surface area is 162 Å². The molecule has 0 atom stereocenters. The van der Waals surface area contributed by atoms with Crippen LogP contribution in [-0.4, -0.2) is 30.3 Å². The first-order valence-electron chi connectivity index (χ1n) is 7.36. The van der Waals surface area contributed by atoms with Crippen molar-refractivity contribution < 1.29 is 22.6 Å². The molecule has 0 aliphatic heterocycles. The molecule has 0 radical (unpaired) electrons. The van der Waals surface area contributed by atoms with Crippen LogP contribution in [0.25, 0.3) is 10.2 Å². The molecule has 0 fully saturated rings. The molecule has 27 heavy (non-hydrogen) atoms. The lowest BCUT2D eigenvalue weighted by molar-refractivity contribution is 0.262. The van der Waals surface area contributed by atoms with Crippen LogP contribution >= 0.6 is 23.1 Å². The maximum absolute atomic E-state index is 12.0. The van der Waals surface area contributed by atoms with E-state index in [1.807, 2.05) is 0 Å². The molecule has 1 heterocycles. The zero-order chi connectivity index (χ0) is 19.4. The van der Waals surface area contributed by atoms with E-state index in [0.717, 1.165) is 28.8 Å². The van der Waals surface area contributed by atoms with Gasteiger partial charge in [0.1, 0.15) is 0 Å². The van der Waals surface area contributed by atoms with E-state index >= 15 is 0 Å². The number of hydrazine groups is 1. The predicted molar refractivity (Wildman–Crippen MR) is 105 cm³/mol. The molecule has 0 aliphatic carbocycles. The Morgan fingerprint density at radius 3 is 2.56 bits per heavy atom. The smallest absolute Gasteiger partial charge is 0.298 e. The number of nitrogens with one attached hydrogen (secondary N) is 3. The van der Waals surface area contributed by atoms with Gasteiger partial charge < -0.3 is 0 Å². The highest BCUT2D eigenvalue weighted by Crippen LogP contribution is 2.31. The maximum Gasteiger partial charge on any atom is 0.304 e. The van der Waals surface area contributed by atoms with Gasteiger partial charge >= 0.3 is 5.24 Å². The zero-order valence-corrected chi connectivity index (χ0v) is 16.2. The molecule has 0 saturated carbocycles. The Morgan fingerprint density at radius 2 is 1.89 bits per heavy atom. The van der Waals surface area contributed by atoms with E-state index in [0.29, 0.717) is 20.2 Å². The van der Waals surface area contributed by atoms with Gasteiger partial charge in [-0.1, -0.05) is 0 Å². The van der Waals surface area contributed by atoms with Crippen LogP contribution in [0.5, 0.6) is 0 Å². The van der Waals surface area contributed by atoms with Gasteiger partial charge in [0.25, 0.3) is 10.1 Å². The van der Waals surface area contributed by atoms with Gasteiger partial charge in [-0.15, -0.1) is 11.3 Å². The summed E-state index contributed by atoms with van der Waals surface area (Å²) < 4.78 is 32.5. The second-order valence-corrected chi connectivity index (χ2v) is 8.78. The van der Waals surface area contributed by atoms with E-state index < -0.39 is 10.1 Å². The zero-order valence-electron chi connectivity index (χ0n) is 13.8. The third-order valence-corrected chi connectivity index (χ3v) is 5.95. The monoisotopic (exact) mass is 426 g/mol. The van der Waals surface area contributed by atoms with Crippen molar-refractivity contribution in [3.05, 3.63) is 42.5 Å². The van der Waals surface area contributed by atoms with Gasteiger partial charge in [-0.2, -0.15) is 8.42 Å². The summed E-state index contributed by atoms with van der Waals surface area (Å²) in [7, 11) is -2.77. The summed E-state index contributed by atoms with van der Waals surface area (Å²) >= 11 is 2.01. The quantitative estimate of drug-likeness (QED) is 0.266. The molecular formula is C15H14N4O5S3. The number of hydrogen-bond acceptors (Lipinski definition) is 9. The molecule has 1 aromatic heterocycles. The number of amides is 1. The van der Waals surface area contributed by atoms with Crippen LogP contribution in [0, 0.1) is 0 Å². The average molecular weight is 427 g/mol. The van der Waals surface area contributed by atoms with Crippen LogP contribution in [0.3, 0.4) is 0 Å². The van der Waals surface area contributed by atoms with Crippen molar-refractivity contribution in [2.24, 2.45) is 0 Å².